The maximum atomic E-state index is 10.1. The third-order valence-corrected chi connectivity index (χ3v) is 5.48. The Morgan fingerprint density at radius 2 is 1.79 bits per heavy atom. The highest BCUT2D eigenvalue weighted by Gasteiger charge is 2.35. The van der Waals surface area contributed by atoms with Crippen LogP contribution in [0.1, 0.15) is 35.1 Å². The van der Waals surface area contributed by atoms with E-state index >= 15 is 0 Å². The lowest BCUT2D eigenvalue weighted by atomic mass is 9.75. The Kier molecular flexibility index (Phi) is 5.37. The van der Waals surface area contributed by atoms with E-state index in [9.17, 15) is 5.11 Å². The van der Waals surface area contributed by atoms with E-state index in [-0.39, 0.29) is 12.0 Å². The van der Waals surface area contributed by atoms with Gasteiger partial charge in [-0.05, 0) is 61.9 Å². The molecule has 1 N–H and O–H groups in total. The van der Waals surface area contributed by atoms with E-state index < -0.39 is 0 Å². The van der Waals surface area contributed by atoms with Gasteiger partial charge in [0.15, 0.2) is 0 Å². The smallest absolute Gasteiger partial charge is 0.0502 e. The molecule has 128 valence electrons. The van der Waals surface area contributed by atoms with E-state index in [4.69, 9.17) is 0 Å². The zero-order valence-electron chi connectivity index (χ0n) is 15.0. The number of hydrogen-bond acceptors (Lipinski definition) is 2. The highest BCUT2D eigenvalue weighted by molar-refractivity contribution is 5.30. The first-order valence-corrected chi connectivity index (χ1v) is 9.03. The van der Waals surface area contributed by atoms with Crippen molar-refractivity contribution >= 4 is 0 Å². The summed E-state index contributed by atoms with van der Waals surface area (Å²) in [6, 6.07) is 17.4. The lowest BCUT2D eigenvalue weighted by Crippen LogP contribution is -2.46. The van der Waals surface area contributed by atoms with Crippen LogP contribution in [0.2, 0.25) is 0 Å². The van der Waals surface area contributed by atoms with Gasteiger partial charge in [-0.1, -0.05) is 48.5 Å². The van der Waals surface area contributed by atoms with Gasteiger partial charge in [-0.15, -0.1) is 0 Å². The fourth-order valence-corrected chi connectivity index (χ4v) is 3.96. The van der Waals surface area contributed by atoms with Crippen LogP contribution in [0.5, 0.6) is 0 Å². The van der Waals surface area contributed by atoms with E-state index in [0.29, 0.717) is 0 Å². The quantitative estimate of drug-likeness (QED) is 0.894. The van der Waals surface area contributed by atoms with Crippen molar-refractivity contribution in [1.29, 1.82) is 0 Å². The summed E-state index contributed by atoms with van der Waals surface area (Å²) in [6.07, 6.45) is 3.24. The Balaban J connectivity index is 1.70. The summed E-state index contributed by atoms with van der Waals surface area (Å²) < 4.78 is 0. The number of rotatable bonds is 5. The number of aliphatic hydroxyl groups excluding tert-OH is 1. The van der Waals surface area contributed by atoms with E-state index in [2.05, 4.69) is 67.3 Å². The van der Waals surface area contributed by atoms with Crippen molar-refractivity contribution in [2.24, 2.45) is 5.41 Å². The highest BCUT2D eigenvalue weighted by Crippen LogP contribution is 2.34. The van der Waals surface area contributed by atoms with E-state index in [1.54, 1.807) is 0 Å². The van der Waals surface area contributed by atoms with Crippen LogP contribution in [0, 0.1) is 19.3 Å². The maximum absolute atomic E-state index is 10.1. The first kappa shape index (κ1) is 17.2. The van der Waals surface area contributed by atoms with Gasteiger partial charge >= 0.3 is 0 Å². The predicted octanol–water partition coefficient (Wildman–Crippen LogP) is 4.12. The molecule has 1 aliphatic rings. The van der Waals surface area contributed by atoms with Gasteiger partial charge in [0.25, 0.3) is 0 Å². The zero-order valence-corrected chi connectivity index (χ0v) is 15.0. The maximum Gasteiger partial charge on any atom is 0.0502 e. The van der Waals surface area contributed by atoms with E-state index in [1.807, 2.05) is 0 Å². The van der Waals surface area contributed by atoms with E-state index in [1.165, 1.54) is 22.3 Å². The molecule has 24 heavy (non-hydrogen) atoms. The molecule has 3 rings (SSSR count). The monoisotopic (exact) mass is 323 g/mol. The van der Waals surface area contributed by atoms with Crippen molar-refractivity contribution in [2.45, 2.75) is 39.7 Å². The molecule has 0 aliphatic carbocycles. The van der Waals surface area contributed by atoms with Crippen LogP contribution in [0.25, 0.3) is 0 Å². The fourth-order valence-electron chi connectivity index (χ4n) is 3.96. The molecule has 0 aromatic heterocycles. The molecule has 2 aromatic rings. The average molecular weight is 323 g/mol. The summed E-state index contributed by atoms with van der Waals surface area (Å²) in [5, 5.41) is 10.1. The number of hydrogen-bond donors (Lipinski definition) is 1. The van der Waals surface area contributed by atoms with Gasteiger partial charge in [0.05, 0.1) is 6.61 Å². The van der Waals surface area contributed by atoms with Crippen LogP contribution in [0.3, 0.4) is 0 Å². The van der Waals surface area contributed by atoms with Crippen molar-refractivity contribution in [3.8, 4) is 0 Å². The number of benzene rings is 2. The minimum atomic E-state index is -0.000650. The van der Waals surface area contributed by atoms with Crippen molar-refractivity contribution in [2.75, 3.05) is 19.7 Å². The molecule has 0 unspecified atom stereocenters. The van der Waals surface area contributed by atoms with Crippen molar-refractivity contribution in [3.05, 3.63) is 70.8 Å². The number of nitrogens with zero attached hydrogens (tertiary/aromatic N) is 1. The van der Waals surface area contributed by atoms with Crippen molar-refractivity contribution in [3.63, 3.8) is 0 Å². The standard InChI is InChI=1S/C22H29NO/c1-18-9-10-21(13-19(18)2)15-23-12-6-11-22(16-23,17-24)14-20-7-4-3-5-8-20/h3-5,7-10,13,24H,6,11-12,14-17H2,1-2H3/t22-/m1/s1. The molecule has 0 spiro atoms. The molecule has 2 heteroatoms. The van der Waals surface area contributed by atoms with Crippen LogP contribution in [-0.4, -0.2) is 29.7 Å². The minimum absolute atomic E-state index is 0.000650. The average Bonchev–Trinajstić information content (AvgIpc) is 2.59. The number of piperidine rings is 1. The Hall–Kier alpha value is -1.64. The number of aryl methyl sites for hydroxylation is 2. The Bertz CT molecular complexity index is 667. The molecular formula is C22H29NO. The molecule has 1 saturated heterocycles. The van der Waals surface area contributed by atoms with Gasteiger partial charge in [-0.25, -0.2) is 0 Å². The lowest BCUT2D eigenvalue weighted by Gasteiger charge is -2.42. The summed E-state index contributed by atoms with van der Waals surface area (Å²) >= 11 is 0. The highest BCUT2D eigenvalue weighted by atomic mass is 16.3. The zero-order chi connectivity index (χ0) is 17.0. The summed E-state index contributed by atoms with van der Waals surface area (Å²) in [5.74, 6) is 0. The van der Waals surface area contributed by atoms with Crippen LogP contribution in [0.4, 0.5) is 0 Å². The van der Waals surface area contributed by atoms with Crippen molar-refractivity contribution < 1.29 is 5.11 Å². The Labute approximate surface area is 146 Å². The van der Waals surface area contributed by atoms with Crippen molar-refractivity contribution in [1.82, 2.24) is 4.90 Å². The van der Waals surface area contributed by atoms with Crippen LogP contribution in [-0.2, 0) is 13.0 Å². The molecular weight excluding hydrogens is 294 g/mol. The Morgan fingerprint density at radius 1 is 1.00 bits per heavy atom. The van der Waals surface area contributed by atoms with E-state index in [0.717, 1.165) is 38.9 Å². The fraction of sp³-hybridized carbons (Fsp3) is 0.455. The van der Waals surface area contributed by atoms with Gasteiger partial charge in [-0.2, -0.15) is 0 Å². The molecule has 2 aromatic carbocycles. The van der Waals surface area contributed by atoms with Crippen LogP contribution >= 0.6 is 0 Å². The predicted molar refractivity (Wildman–Crippen MR) is 100 cm³/mol. The second-order valence-corrected chi connectivity index (χ2v) is 7.55. The first-order chi connectivity index (χ1) is 11.6. The third kappa shape index (κ3) is 4.06. The molecule has 0 bridgehead atoms. The number of likely N-dealkylation sites (tertiary alicyclic amines) is 1. The van der Waals surface area contributed by atoms with Crippen LogP contribution in [0.15, 0.2) is 48.5 Å². The molecule has 2 nitrogen and oxygen atoms in total. The van der Waals surface area contributed by atoms with Gasteiger partial charge in [0.1, 0.15) is 0 Å². The summed E-state index contributed by atoms with van der Waals surface area (Å²) in [4.78, 5) is 2.52. The first-order valence-electron chi connectivity index (χ1n) is 9.03. The topological polar surface area (TPSA) is 23.5 Å². The normalized spacial score (nSPS) is 21.8. The molecule has 0 saturated carbocycles. The molecule has 0 amide bonds. The Morgan fingerprint density at radius 3 is 2.50 bits per heavy atom. The van der Waals surface area contributed by atoms with Gasteiger partial charge < -0.3 is 5.11 Å². The molecule has 1 atom stereocenters. The largest absolute Gasteiger partial charge is 0.396 e. The molecule has 1 heterocycles. The van der Waals surface area contributed by atoms with Gasteiger partial charge in [0.2, 0.25) is 0 Å². The number of aliphatic hydroxyl groups is 1. The van der Waals surface area contributed by atoms with Gasteiger partial charge in [-0.3, -0.25) is 4.90 Å². The second kappa shape index (κ2) is 7.50. The summed E-state index contributed by atoms with van der Waals surface area (Å²) in [5.41, 5.74) is 5.43. The second-order valence-electron chi connectivity index (χ2n) is 7.55. The minimum Gasteiger partial charge on any atom is -0.396 e. The summed E-state index contributed by atoms with van der Waals surface area (Å²) in [6.45, 7) is 7.71. The SMILES string of the molecule is Cc1ccc(CN2CCC[C@@](CO)(Cc3ccccc3)C2)cc1C. The molecule has 0 radical (unpaired) electrons. The third-order valence-electron chi connectivity index (χ3n) is 5.48. The van der Waals surface area contributed by atoms with Gasteiger partial charge in [0, 0.05) is 18.5 Å². The molecule has 1 fully saturated rings. The summed E-state index contributed by atoms with van der Waals surface area (Å²) in [7, 11) is 0. The molecule has 1 aliphatic heterocycles. The lowest BCUT2D eigenvalue weighted by molar-refractivity contribution is 0.0288. The van der Waals surface area contributed by atoms with Crippen LogP contribution < -0.4 is 0 Å².